The summed E-state index contributed by atoms with van der Waals surface area (Å²) >= 11 is 0. The van der Waals surface area contributed by atoms with Gasteiger partial charge in [0.15, 0.2) is 0 Å². The standard InChI is InChI=1S/C49H38N2/c1-49(2,47-29-17-28-45(50-47)37-22-11-5-12-23-37)48-34-42(33-46(51-48)38-24-13-6-14-25-38)44-27-16-15-26-43(44)41-31-39(35-18-7-3-8-19-35)30-40(32-41)36-20-9-4-10-21-36/h3-34H,1-2H3. The quantitative estimate of drug-likeness (QED) is 0.163. The molecule has 0 unspecified atom stereocenters. The molecule has 6 aromatic carbocycles. The molecule has 0 aliphatic carbocycles. The molecule has 2 aromatic heterocycles. The van der Waals surface area contributed by atoms with E-state index >= 15 is 0 Å². The van der Waals surface area contributed by atoms with Gasteiger partial charge in [-0.05, 0) is 101 Å². The molecule has 8 aromatic rings. The molecule has 0 bridgehead atoms. The van der Waals surface area contributed by atoms with Crippen molar-refractivity contribution in [3.05, 3.63) is 206 Å². The van der Waals surface area contributed by atoms with E-state index in [4.69, 9.17) is 9.97 Å². The molecule has 0 saturated heterocycles. The second-order valence-corrected chi connectivity index (χ2v) is 13.5. The maximum atomic E-state index is 5.35. The molecule has 244 valence electrons. The average Bonchev–Trinajstić information content (AvgIpc) is 3.22. The predicted molar refractivity (Wildman–Crippen MR) is 213 cm³/mol. The van der Waals surface area contributed by atoms with Crippen molar-refractivity contribution in [3.63, 3.8) is 0 Å². The van der Waals surface area contributed by atoms with E-state index in [2.05, 4.69) is 202 Å². The third-order valence-corrected chi connectivity index (χ3v) is 9.69. The van der Waals surface area contributed by atoms with Crippen LogP contribution in [0.1, 0.15) is 25.2 Å². The van der Waals surface area contributed by atoms with Crippen LogP contribution in [0, 0.1) is 0 Å². The topological polar surface area (TPSA) is 25.8 Å². The molecule has 0 amide bonds. The zero-order valence-electron chi connectivity index (χ0n) is 28.9. The number of benzene rings is 6. The van der Waals surface area contributed by atoms with Crippen LogP contribution < -0.4 is 0 Å². The van der Waals surface area contributed by atoms with Gasteiger partial charge in [0, 0.05) is 16.5 Å². The third kappa shape index (κ3) is 6.65. The Hall–Kier alpha value is -6.38. The van der Waals surface area contributed by atoms with E-state index in [0.717, 1.165) is 45.0 Å². The normalized spacial score (nSPS) is 11.3. The number of hydrogen-bond donors (Lipinski definition) is 0. The number of rotatable bonds is 8. The van der Waals surface area contributed by atoms with Gasteiger partial charge < -0.3 is 0 Å². The van der Waals surface area contributed by atoms with E-state index in [0.29, 0.717) is 0 Å². The lowest BCUT2D eigenvalue weighted by Gasteiger charge is -2.26. The van der Waals surface area contributed by atoms with Gasteiger partial charge in [0.2, 0.25) is 0 Å². The summed E-state index contributed by atoms with van der Waals surface area (Å²) in [5, 5.41) is 0. The molecule has 0 aliphatic heterocycles. The molecule has 0 atom stereocenters. The molecular weight excluding hydrogens is 617 g/mol. The van der Waals surface area contributed by atoms with Crippen LogP contribution in [0.4, 0.5) is 0 Å². The Bertz CT molecular complexity index is 2360. The van der Waals surface area contributed by atoms with Crippen molar-refractivity contribution >= 4 is 0 Å². The maximum absolute atomic E-state index is 5.35. The summed E-state index contributed by atoms with van der Waals surface area (Å²) in [6, 6.07) is 68.7. The molecule has 0 spiro atoms. The van der Waals surface area contributed by atoms with Gasteiger partial charge in [-0.1, -0.05) is 152 Å². The molecule has 2 heteroatoms. The highest BCUT2D eigenvalue weighted by atomic mass is 14.8. The van der Waals surface area contributed by atoms with Crippen LogP contribution in [0.15, 0.2) is 194 Å². The molecule has 2 heterocycles. The van der Waals surface area contributed by atoms with Gasteiger partial charge in [-0.15, -0.1) is 0 Å². The van der Waals surface area contributed by atoms with Gasteiger partial charge in [-0.2, -0.15) is 0 Å². The van der Waals surface area contributed by atoms with Crippen molar-refractivity contribution < 1.29 is 0 Å². The number of aromatic nitrogens is 2. The summed E-state index contributed by atoms with van der Waals surface area (Å²) in [7, 11) is 0. The number of hydrogen-bond acceptors (Lipinski definition) is 2. The first-order valence-corrected chi connectivity index (χ1v) is 17.5. The summed E-state index contributed by atoms with van der Waals surface area (Å²) in [4.78, 5) is 10.5. The van der Waals surface area contributed by atoms with Crippen LogP contribution in [0.25, 0.3) is 67.0 Å². The highest BCUT2D eigenvalue weighted by Gasteiger charge is 2.28. The molecule has 8 rings (SSSR count). The van der Waals surface area contributed by atoms with Crippen molar-refractivity contribution in [2.45, 2.75) is 19.3 Å². The van der Waals surface area contributed by atoms with Gasteiger partial charge in [0.05, 0.1) is 22.8 Å². The lowest BCUT2D eigenvalue weighted by atomic mass is 9.82. The summed E-state index contributed by atoms with van der Waals surface area (Å²) in [5.74, 6) is 0. The van der Waals surface area contributed by atoms with Crippen LogP contribution in [0.5, 0.6) is 0 Å². The molecule has 0 fully saturated rings. The minimum absolute atomic E-state index is 0.479. The lowest BCUT2D eigenvalue weighted by Crippen LogP contribution is -2.22. The fraction of sp³-hybridized carbons (Fsp3) is 0.0612. The monoisotopic (exact) mass is 654 g/mol. The van der Waals surface area contributed by atoms with E-state index in [9.17, 15) is 0 Å². The zero-order valence-corrected chi connectivity index (χ0v) is 28.9. The summed E-state index contributed by atoms with van der Waals surface area (Å²) in [6.45, 7) is 4.46. The van der Waals surface area contributed by atoms with Crippen LogP contribution in [0.2, 0.25) is 0 Å². The Morgan fingerprint density at radius 2 is 0.706 bits per heavy atom. The van der Waals surface area contributed by atoms with Crippen molar-refractivity contribution in [1.29, 1.82) is 0 Å². The fourth-order valence-corrected chi connectivity index (χ4v) is 6.81. The van der Waals surface area contributed by atoms with Crippen molar-refractivity contribution in [2.75, 3.05) is 0 Å². The summed E-state index contributed by atoms with van der Waals surface area (Å²) in [6.07, 6.45) is 0. The largest absolute Gasteiger partial charge is 0.252 e. The fourth-order valence-electron chi connectivity index (χ4n) is 6.81. The Morgan fingerprint density at radius 3 is 1.24 bits per heavy atom. The van der Waals surface area contributed by atoms with Gasteiger partial charge in [0.1, 0.15) is 0 Å². The van der Waals surface area contributed by atoms with E-state index in [-0.39, 0.29) is 0 Å². The van der Waals surface area contributed by atoms with E-state index in [1.54, 1.807) is 0 Å². The minimum atomic E-state index is -0.479. The van der Waals surface area contributed by atoms with E-state index in [1.165, 1.54) is 33.4 Å². The maximum Gasteiger partial charge on any atom is 0.0711 e. The first-order valence-electron chi connectivity index (χ1n) is 17.5. The summed E-state index contributed by atoms with van der Waals surface area (Å²) < 4.78 is 0. The number of pyridine rings is 2. The highest BCUT2D eigenvalue weighted by molar-refractivity contribution is 5.89. The lowest BCUT2D eigenvalue weighted by molar-refractivity contribution is 0.597. The molecule has 0 N–H and O–H groups in total. The van der Waals surface area contributed by atoms with Crippen molar-refractivity contribution in [1.82, 2.24) is 9.97 Å². The molecule has 0 saturated carbocycles. The first-order chi connectivity index (χ1) is 25.0. The van der Waals surface area contributed by atoms with Gasteiger partial charge in [-0.25, -0.2) is 0 Å². The number of nitrogens with zero attached hydrogens (tertiary/aromatic N) is 2. The second-order valence-electron chi connectivity index (χ2n) is 13.5. The Morgan fingerprint density at radius 1 is 0.294 bits per heavy atom. The highest BCUT2D eigenvalue weighted by Crippen LogP contribution is 2.40. The van der Waals surface area contributed by atoms with E-state index < -0.39 is 5.41 Å². The minimum Gasteiger partial charge on any atom is -0.252 e. The van der Waals surface area contributed by atoms with Crippen LogP contribution in [-0.2, 0) is 5.41 Å². The van der Waals surface area contributed by atoms with E-state index in [1.807, 2.05) is 6.07 Å². The molecule has 2 nitrogen and oxygen atoms in total. The van der Waals surface area contributed by atoms with Gasteiger partial charge in [0.25, 0.3) is 0 Å². The smallest absolute Gasteiger partial charge is 0.0711 e. The second kappa shape index (κ2) is 13.9. The third-order valence-electron chi connectivity index (χ3n) is 9.69. The SMILES string of the molecule is CC(C)(c1cccc(-c2ccccc2)n1)c1cc(-c2ccccc2-c2cc(-c3ccccc3)cc(-c3ccccc3)c2)cc(-c2ccccc2)n1. The Balaban J connectivity index is 1.31. The van der Waals surface area contributed by atoms with Gasteiger partial charge >= 0.3 is 0 Å². The zero-order chi connectivity index (χ0) is 34.6. The Kier molecular flexibility index (Phi) is 8.66. The van der Waals surface area contributed by atoms with Crippen LogP contribution in [-0.4, -0.2) is 9.97 Å². The van der Waals surface area contributed by atoms with Gasteiger partial charge in [-0.3, -0.25) is 9.97 Å². The summed E-state index contributed by atoms with van der Waals surface area (Å²) in [5.41, 5.74) is 14.9. The Labute approximate surface area is 300 Å². The predicted octanol–water partition coefficient (Wildman–Crippen LogP) is 12.8. The molecule has 0 aliphatic rings. The first kappa shape index (κ1) is 31.9. The molecular formula is C49H38N2. The van der Waals surface area contributed by atoms with Crippen molar-refractivity contribution in [2.24, 2.45) is 0 Å². The molecule has 0 radical (unpaired) electrons. The van der Waals surface area contributed by atoms with Crippen molar-refractivity contribution in [3.8, 4) is 67.0 Å². The molecule has 51 heavy (non-hydrogen) atoms. The van der Waals surface area contributed by atoms with Crippen LogP contribution in [0.3, 0.4) is 0 Å². The average molecular weight is 655 g/mol. The van der Waals surface area contributed by atoms with Crippen LogP contribution >= 0.6 is 0 Å².